The fourth-order valence-corrected chi connectivity index (χ4v) is 3.86. The van der Waals surface area contributed by atoms with Crippen LogP contribution in [-0.4, -0.2) is 35.0 Å². The number of hydrogen-bond acceptors (Lipinski definition) is 4. The van der Waals surface area contributed by atoms with E-state index in [-0.39, 0.29) is 18.1 Å². The monoisotopic (exact) mass is 381 g/mol. The molecule has 0 bridgehead atoms. The van der Waals surface area contributed by atoms with E-state index in [4.69, 9.17) is 4.74 Å². The average molecular weight is 382 g/mol. The lowest BCUT2D eigenvalue weighted by Gasteiger charge is -2.29. The molecule has 5 nitrogen and oxygen atoms in total. The highest BCUT2D eigenvalue weighted by Gasteiger charge is 2.26. The summed E-state index contributed by atoms with van der Waals surface area (Å²) in [5, 5.41) is 3.11. The number of likely N-dealkylation sites (N-methyl/N-ethyl adjacent to an activating group) is 1. The number of nitrogens with zero attached hydrogens (tertiary/aromatic N) is 2. The Hall–Kier alpha value is -2.40. The van der Waals surface area contributed by atoms with Crippen molar-refractivity contribution < 1.29 is 9.53 Å². The highest BCUT2D eigenvalue weighted by atomic mass is 16.5. The minimum absolute atomic E-state index is 0.00516. The first kappa shape index (κ1) is 20.3. The van der Waals surface area contributed by atoms with Crippen molar-refractivity contribution in [2.24, 2.45) is 0 Å². The molecule has 1 fully saturated rings. The van der Waals surface area contributed by atoms with E-state index in [1.807, 2.05) is 42.5 Å². The van der Waals surface area contributed by atoms with Crippen LogP contribution in [0.15, 0.2) is 48.7 Å². The summed E-state index contributed by atoms with van der Waals surface area (Å²) in [5.74, 6) is 0.652. The first-order valence-corrected chi connectivity index (χ1v) is 10.4. The van der Waals surface area contributed by atoms with Crippen LogP contribution in [0.5, 0.6) is 5.88 Å². The molecular formula is C23H31N3O2. The molecule has 1 heterocycles. The van der Waals surface area contributed by atoms with Crippen LogP contribution in [0.1, 0.15) is 56.7 Å². The molecule has 1 unspecified atom stereocenters. The summed E-state index contributed by atoms with van der Waals surface area (Å²) in [6, 6.07) is 13.5. The maximum atomic E-state index is 13.1. The van der Waals surface area contributed by atoms with E-state index in [0.29, 0.717) is 12.4 Å². The molecule has 28 heavy (non-hydrogen) atoms. The van der Waals surface area contributed by atoms with Crippen LogP contribution in [0.2, 0.25) is 0 Å². The third-order valence-corrected chi connectivity index (χ3v) is 5.42. The summed E-state index contributed by atoms with van der Waals surface area (Å²) >= 11 is 0. The van der Waals surface area contributed by atoms with Gasteiger partial charge in [0.05, 0.1) is 0 Å². The largest absolute Gasteiger partial charge is 0.474 e. The summed E-state index contributed by atoms with van der Waals surface area (Å²) in [4.78, 5) is 19.7. The highest BCUT2D eigenvalue weighted by molar-refractivity contribution is 5.83. The number of carbonyl (C=O) groups excluding carboxylic acids is 1. The quantitative estimate of drug-likeness (QED) is 0.710. The second-order valence-corrected chi connectivity index (χ2v) is 7.24. The molecule has 1 amide bonds. The lowest BCUT2D eigenvalue weighted by Crippen LogP contribution is -2.40. The van der Waals surface area contributed by atoms with Gasteiger partial charge in [-0.2, -0.15) is 0 Å². The highest BCUT2D eigenvalue weighted by Crippen LogP contribution is 2.25. The topological polar surface area (TPSA) is 54.5 Å². The first-order valence-electron chi connectivity index (χ1n) is 10.4. The Labute approximate surface area is 168 Å². The van der Waals surface area contributed by atoms with Crippen molar-refractivity contribution in [1.29, 1.82) is 0 Å². The molecule has 5 heteroatoms. The van der Waals surface area contributed by atoms with E-state index in [0.717, 1.165) is 37.1 Å². The number of rotatable bonds is 9. The second kappa shape index (κ2) is 10.2. The minimum Gasteiger partial charge on any atom is -0.474 e. The predicted molar refractivity (Wildman–Crippen MR) is 111 cm³/mol. The van der Waals surface area contributed by atoms with E-state index < -0.39 is 0 Å². The summed E-state index contributed by atoms with van der Waals surface area (Å²) < 4.78 is 6.10. The van der Waals surface area contributed by atoms with Crippen molar-refractivity contribution in [2.45, 2.75) is 58.2 Å². The van der Waals surface area contributed by atoms with Gasteiger partial charge in [-0.15, -0.1) is 0 Å². The van der Waals surface area contributed by atoms with Gasteiger partial charge in [-0.3, -0.25) is 9.69 Å². The van der Waals surface area contributed by atoms with Gasteiger partial charge in [0.25, 0.3) is 0 Å². The summed E-state index contributed by atoms with van der Waals surface area (Å²) in [6.45, 7) is 6.21. The fraction of sp³-hybridized carbons (Fsp3) is 0.478. The molecule has 0 saturated heterocycles. The Kier molecular flexibility index (Phi) is 7.43. The molecule has 150 valence electrons. The Bertz CT molecular complexity index is 741. The zero-order valence-electron chi connectivity index (χ0n) is 16.9. The van der Waals surface area contributed by atoms with Gasteiger partial charge in [0.2, 0.25) is 11.8 Å². The van der Waals surface area contributed by atoms with Crippen molar-refractivity contribution in [3.05, 3.63) is 59.8 Å². The molecule has 1 aliphatic rings. The predicted octanol–water partition coefficient (Wildman–Crippen LogP) is 4.10. The Balaban J connectivity index is 1.71. The summed E-state index contributed by atoms with van der Waals surface area (Å²) in [5.41, 5.74) is 1.94. The van der Waals surface area contributed by atoms with Crippen molar-refractivity contribution >= 4 is 5.91 Å². The number of aromatic nitrogens is 1. The van der Waals surface area contributed by atoms with Gasteiger partial charge < -0.3 is 10.1 Å². The van der Waals surface area contributed by atoms with Gasteiger partial charge in [0, 0.05) is 18.3 Å². The number of nitrogens with one attached hydrogen (secondary N) is 1. The van der Waals surface area contributed by atoms with Crippen LogP contribution < -0.4 is 10.1 Å². The number of benzene rings is 1. The van der Waals surface area contributed by atoms with E-state index in [2.05, 4.69) is 29.0 Å². The lowest BCUT2D eigenvalue weighted by atomic mass is 10.0. The Morgan fingerprint density at radius 1 is 1.14 bits per heavy atom. The van der Waals surface area contributed by atoms with Crippen LogP contribution in [0.3, 0.4) is 0 Å². The fourth-order valence-electron chi connectivity index (χ4n) is 3.86. The van der Waals surface area contributed by atoms with Crippen LogP contribution in [0.4, 0.5) is 0 Å². The molecule has 1 aromatic heterocycles. The van der Waals surface area contributed by atoms with Gasteiger partial charge in [-0.25, -0.2) is 4.98 Å². The standard InChI is InChI=1S/C23H31N3O2/c1-3-26(4-2)21(18-11-6-5-7-12-18)22(27)25-17-19-13-10-16-24-23(19)28-20-14-8-9-15-20/h5-7,10-13,16,20-21H,3-4,8-9,14-15,17H2,1-2H3,(H,25,27). The summed E-state index contributed by atoms with van der Waals surface area (Å²) in [6.07, 6.45) is 6.59. The molecule has 1 saturated carbocycles. The van der Waals surface area contributed by atoms with Gasteiger partial charge in [0.1, 0.15) is 12.1 Å². The number of hydrogen-bond donors (Lipinski definition) is 1. The third-order valence-electron chi connectivity index (χ3n) is 5.42. The van der Waals surface area contributed by atoms with Gasteiger partial charge in [0.15, 0.2) is 0 Å². The van der Waals surface area contributed by atoms with Crippen molar-refractivity contribution in [2.75, 3.05) is 13.1 Å². The van der Waals surface area contributed by atoms with E-state index >= 15 is 0 Å². The Morgan fingerprint density at radius 3 is 2.54 bits per heavy atom. The van der Waals surface area contributed by atoms with Crippen molar-refractivity contribution in [3.8, 4) is 5.88 Å². The zero-order chi connectivity index (χ0) is 19.8. The molecule has 0 radical (unpaired) electrons. The molecular weight excluding hydrogens is 350 g/mol. The molecule has 0 spiro atoms. The van der Waals surface area contributed by atoms with E-state index in [1.165, 1.54) is 12.8 Å². The SMILES string of the molecule is CCN(CC)C(C(=O)NCc1cccnc1OC1CCCC1)c1ccccc1. The zero-order valence-corrected chi connectivity index (χ0v) is 16.9. The van der Waals surface area contributed by atoms with Gasteiger partial charge in [-0.05, 0) is 50.4 Å². The van der Waals surface area contributed by atoms with Crippen molar-refractivity contribution in [3.63, 3.8) is 0 Å². The number of amides is 1. The molecule has 1 atom stereocenters. The second-order valence-electron chi connectivity index (χ2n) is 7.24. The molecule has 0 aliphatic heterocycles. The van der Waals surface area contributed by atoms with Gasteiger partial charge >= 0.3 is 0 Å². The molecule has 2 aromatic rings. The number of ether oxygens (including phenoxy) is 1. The smallest absolute Gasteiger partial charge is 0.242 e. The minimum atomic E-state index is -0.299. The third kappa shape index (κ3) is 5.10. The van der Waals surface area contributed by atoms with E-state index in [1.54, 1.807) is 6.20 Å². The molecule has 1 N–H and O–H groups in total. The Morgan fingerprint density at radius 2 is 1.86 bits per heavy atom. The first-order chi connectivity index (χ1) is 13.7. The van der Waals surface area contributed by atoms with Crippen molar-refractivity contribution in [1.82, 2.24) is 15.2 Å². The normalized spacial score (nSPS) is 15.5. The maximum absolute atomic E-state index is 13.1. The number of carbonyl (C=O) groups is 1. The number of pyridine rings is 1. The lowest BCUT2D eigenvalue weighted by molar-refractivity contribution is -0.126. The summed E-state index contributed by atoms with van der Waals surface area (Å²) in [7, 11) is 0. The molecule has 1 aliphatic carbocycles. The molecule has 1 aromatic carbocycles. The molecule has 3 rings (SSSR count). The van der Waals surface area contributed by atoms with Crippen LogP contribution in [-0.2, 0) is 11.3 Å². The van der Waals surface area contributed by atoms with Gasteiger partial charge in [-0.1, -0.05) is 50.2 Å². The van der Waals surface area contributed by atoms with Crippen LogP contribution in [0.25, 0.3) is 0 Å². The van der Waals surface area contributed by atoms with E-state index in [9.17, 15) is 4.79 Å². The van der Waals surface area contributed by atoms with Crippen LogP contribution >= 0.6 is 0 Å². The average Bonchev–Trinajstić information content (AvgIpc) is 3.25. The maximum Gasteiger partial charge on any atom is 0.242 e. The van der Waals surface area contributed by atoms with Crippen LogP contribution in [0, 0.1) is 0 Å².